The van der Waals surface area contributed by atoms with Crippen molar-refractivity contribution in [2.45, 2.75) is 26.2 Å². The summed E-state index contributed by atoms with van der Waals surface area (Å²) in [6.45, 7) is 6.11. The second-order valence-electron chi connectivity index (χ2n) is 4.60. The van der Waals surface area contributed by atoms with Crippen LogP contribution in [0, 0.1) is 6.07 Å². The van der Waals surface area contributed by atoms with Gasteiger partial charge in [0, 0.05) is 0 Å². The van der Waals surface area contributed by atoms with Crippen molar-refractivity contribution in [1.82, 2.24) is 0 Å². The van der Waals surface area contributed by atoms with Gasteiger partial charge in [-0.1, -0.05) is 32.9 Å². The van der Waals surface area contributed by atoms with Crippen LogP contribution in [-0.4, -0.2) is 14.7 Å². The number of hydrogen-bond donors (Lipinski definition) is 1. The summed E-state index contributed by atoms with van der Waals surface area (Å²) < 4.78 is 24.8. The Morgan fingerprint density at radius 1 is 1.33 bits per heavy atom. The molecule has 1 aromatic carbocycles. The zero-order valence-electron chi connectivity index (χ0n) is 9.46. The van der Waals surface area contributed by atoms with E-state index in [1.165, 1.54) is 0 Å². The maximum absolute atomic E-state index is 11.2. The van der Waals surface area contributed by atoms with E-state index >= 15 is 0 Å². The van der Waals surface area contributed by atoms with Crippen LogP contribution in [0.3, 0.4) is 0 Å². The summed E-state index contributed by atoms with van der Waals surface area (Å²) in [4.78, 5) is 0. The molecule has 3 nitrogen and oxygen atoms in total. The van der Waals surface area contributed by atoms with E-state index in [2.05, 4.69) is 10.8 Å². The number of benzene rings is 1. The lowest BCUT2D eigenvalue weighted by Crippen LogP contribution is -2.17. The third-order valence-electron chi connectivity index (χ3n) is 1.97. The van der Waals surface area contributed by atoms with Gasteiger partial charge in [0.25, 0.3) is 0 Å². The summed E-state index contributed by atoms with van der Waals surface area (Å²) in [5.74, 6) is 0. The van der Waals surface area contributed by atoms with Gasteiger partial charge in [0.05, 0.1) is 11.9 Å². The van der Waals surface area contributed by atoms with Crippen LogP contribution in [0.15, 0.2) is 18.2 Å². The monoisotopic (exact) mass is 226 g/mol. The molecule has 1 N–H and O–H groups in total. The van der Waals surface area contributed by atoms with Gasteiger partial charge in [-0.3, -0.25) is 4.72 Å². The van der Waals surface area contributed by atoms with Crippen LogP contribution >= 0.6 is 0 Å². The summed E-state index contributed by atoms with van der Waals surface area (Å²) in [6, 6.07) is 8.19. The zero-order chi connectivity index (χ0) is 11.7. The van der Waals surface area contributed by atoms with Crippen LogP contribution in [-0.2, 0) is 15.4 Å². The molecule has 0 aliphatic rings. The summed E-state index contributed by atoms with van der Waals surface area (Å²) >= 11 is 0. The van der Waals surface area contributed by atoms with E-state index in [1.54, 1.807) is 12.1 Å². The molecule has 0 heterocycles. The van der Waals surface area contributed by atoms with Gasteiger partial charge in [-0.25, -0.2) is 8.42 Å². The molecular weight excluding hydrogens is 210 g/mol. The van der Waals surface area contributed by atoms with Crippen molar-refractivity contribution in [3.63, 3.8) is 0 Å². The van der Waals surface area contributed by atoms with E-state index in [0.717, 1.165) is 11.8 Å². The molecule has 4 heteroatoms. The molecule has 0 atom stereocenters. The van der Waals surface area contributed by atoms with Crippen LogP contribution in [0.5, 0.6) is 0 Å². The first kappa shape index (κ1) is 12.0. The Balaban J connectivity index is 3.19. The number of nitrogens with one attached hydrogen (secondary N) is 1. The average Bonchev–Trinajstić information content (AvgIpc) is 1.99. The molecule has 0 spiro atoms. The van der Waals surface area contributed by atoms with Gasteiger partial charge in [0.2, 0.25) is 10.0 Å². The van der Waals surface area contributed by atoms with Crippen molar-refractivity contribution in [2.75, 3.05) is 11.0 Å². The molecule has 0 amide bonds. The maximum Gasteiger partial charge on any atom is 0.229 e. The highest BCUT2D eigenvalue weighted by Crippen LogP contribution is 2.29. The van der Waals surface area contributed by atoms with Crippen LogP contribution in [0.2, 0.25) is 0 Å². The lowest BCUT2D eigenvalue weighted by molar-refractivity contribution is 0.591. The van der Waals surface area contributed by atoms with Crippen LogP contribution in [0.4, 0.5) is 5.69 Å². The molecule has 1 rings (SSSR count). The summed E-state index contributed by atoms with van der Waals surface area (Å²) in [7, 11) is -3.23. The van der Waals surface area contributed by atoms with Crippen molar-refractivity contribution < 1.29 is 8.42 Å². The molecule has 1 aromatic rings. The first-order chi connectivity index (χ1) is 6.70. The Hall–Kier alpha value is -1.03. The molecule has 0 unspecified atom stereocenters. The lowest BCUT2D eigenvalue weighted by Gasteiger charge is -2.22. The second kappa shape index (κ2) is 3.85. The minimum atomic E-state index is -3.23. The first-order valence-corrected chi connectivity index (χ1v) is 6.58. The average molecular weight is 226 g/mol. The minimum Gasteiger partial charge on any atom is -0.283 e. The number of hydrogen-bond acceptors (Lipinski definition) is 2. The third kappa shape index (κ3) is 3.55. The SMILES string of the molecule is CC(C)(C)c1cc[c]cc1NS(C)(=O)=O. The van der Waals surface area contributed by atoms with Gasteiger partial charge in [-0.05, 0) is 23.1 Å². The molecule has 0 saturated heterocycles. The largest absolute Gasteiger partial charge is 0.283 e. The Morgan fingerprint density at radius 2 is 1.93 bits per heavy atom. The first-order valence-electron chi connectivity index (χ1n) is 4.68. The lowest BCUT2D eigenvalue weighted by atomic mass is 9.86. The van der Waals surface area contributed by atoms with Crippen molar-refractivity contribution in [1.29, 1.82) is 0 Å². The fourth-order valence-electron chi connectivity index (χ4n) is 1.37. The van der Waals surface area contributed by atoms with Crippen LogP contribution < -0.4 is 4.72 Å². The molecule has 0 aliphatic carbocycles. The number of rotatable bonds is 2. The molecule has 0 aliphatic heterocycles. The molecule has 15 heavy (non-hydrogen) atoms. The topological polar surface area (TPSA) is 46.2 Å². The van der Waals surface area contributed by atoms with Crippen LogP contribution in [0.25, 0.3) is 0 Å². The van der Waals surface area contributed by atoms with E-state index in [9.17, 15) is 8.42 Å². The molecule has 83 valence electrons. The van der Waals surface area contributed by atoms with E-state index in [-0.39, 0.29) is 5.41 Å². The number of sulfonamides is 1. The quantitative estimate of drug-likeness (QED) is 0.840. The molecule has 0 bridgehead atoms. The zero-order valence-corrected chi connectivity index (χ0v) is 10.3. The Bertz CT molecular complexity index is 444. The molecule has 1 radical (unpaired) electrons. The van der Waals surface area contributed by atoms with Gasteiger partial charge in [0.15, 0.2) is 0 Å². The minimum absolute atomic E-state index is 0.0951. The molecule has 0 aromatic heterocycles. The van der Waals surface area contributed by atoms with E-state index in [4.69, 9.17) is 0 Å². The van der Waals surface area contributed by atoms with E-state index in [0.29, 0.717) is 5.69 Å². The Labute approximate surface area is 91.6 Å². The standard InChI is InChI=1S/C11H16NO2S/c1-11(2,3)9-7-5-6-8-10(9)12-15(4,13)14/h5,7-8,12H,1-4H3. The van der Waals surface area contributed by atoms with Crippen molar-refractivity contribution in [2.24, 2.45) is 0 Å². The third-order valence-corrected chi connectivity index (χ3v) is 2.56. The predicted octanol–water partition coefficient (Wildman–Crippen LogP) is 2.16. The maximum atomic E-state index is 11.2. The fourth-order valence-corrected chi connectivity index (χ4v) is 1.94. The van der Waals surface area contributed by atoms with Gasteiger partial charge in [0.1, 0.15) is 0 Å². The van der Waals surface area contributed by atoms with Crippen molar-refractivity contribution >= 4 is 15.7 Å². The van der Waals surface area contributed by atoms with Gasteiger partial charge >= 0.3 is 0 Å². The smallest absolute Gasteiger partial charge is 0.229 e. The number of anilines is 1. The van der Waals surface area contributed by atoms with Gasteiger partial charge in [-0.2, -0.15) is 0 Å². The summed E-state index contributed by atoms with van der Waals surface area (Å²) in [6.07, 6.45) is 1.15. The van der Waals surface area contributed by atoms with Crippen LogP contribution in [0.1, 0.15) is 26.3 Å². The summed E-state index contributed by atoms with van der Waals surface area (Å²) in [5, 5.41) is 0. The highest BCUT2D eigenvalue weighted by Gasteiger charge is 2.18. The van der Waals surface area contributed by atoms with E-state index in [1.807, 2.05) is 26.8 Å². The second-order valence-corrected chi connectivity index (χ2v) is 6.34. The highest BCUT2D eigenvalue weighted by molar-refractivity contribution is 7.92. The van der Waals surface area contributed by atoms with Gasteiger partial charge in [-0.15, -0.1) is 0 Å². The fraction of sp³-hybridized carbons (Fsp3) is 0.455. The predicted molar refractivity (Wildman–Crippen MR) is 62.4 cm³/mol. The molecular formula is C11H16NO2S. The van der Waals surface area contributed by atoms with Crippen molar-refractivity contribution in [3.05, 3.63) is 29.8 Å². The molecule has 0 saturated carbocycles. The Morgan fingerprint density at radius 3 is 2.40 bits per heavy atom. The van der Waals surface area contributed by atoms with Crippen molar-refractivity contribution in [3.8, 4) is 0 Å². The summed E-state index contributed by atoms with van der Waals surface area (Å²) in [5.41, 5.74) is 1.47. The van der Waals surface area contributed by atoms with E-state index < -0.39 is 10.0 Å². The van der Waals surface area contributed by atoms with Gasteiger partial charge < -0.3 is 0 Å². The molecule has 0 fully saturated rings. The normalized spacial score (nSPS) is 12.5. The highest BCUT2D eigenvalue weighted by atomic mass is 32.2. The Kier molecular flexibility index (Phi) is 3.09.